The van der Waals surface area contributed by atoms with Crippen LogP contribution in [0.1, 0.15) is 25.0 Å². The van der Waals surface area contributed by atoms with Gasteiger partial charge in [0.15, 0.2) is 5.12 Å². The fraction of sp³-hybridized carbons (Fsp3) is 0.263. The molecule has 126 valence electrons. The average molecular weight is 343 g/mol. The van der Waals surface area contributed by atoms with Gasteiger partial charge in [-0.3, -0.25) is 4.79 Å². The van der Waals surface area contributed by atoms with E-state index >= 15 is 0 Å². The smallest absolute Gasteiger partial charge is 0.408 e. The van der Waals surface area contributed by atoms with E-state index in [1.165, 1.54) is 18.7 Å². The fourth-order valence-electron chi connectivity index (χ4n) is 2.23. The summed E-state index contributed by atoms with van der Waals surface area (Å²) >= 11 is 1.18. The van der Waals surface area contributed by atoms with Crippen LogP contribution in [0.5, 0.6) is 0 Å². The van der Waals surface area contributed by atoms with E-state index in [1.54, 1.807) is 0 Å². The van der Waals surface area contributed by atoms with Crippen LogP contribution in [0.3, 0.4) is 0 Å². The summed E-state index contributed by atoms with van der Waals surface area (Å²) in [5, 5.41) is 2.91. The lowest BCUT2D eigenvalue weighted by atomic mass is 9.94. The van der Waals surface area contributed by atoms with E-state index in [1.807, 2.05) is 67.6 Å². The van der Waals surface area contributed by atoms with E-state index in [-0.39, 0.29) is 11.7 Å². The Morgan fingerprint density at radius 3 is 2.21 bits per heavy atom. The topological polar surface area (TPSA) is 55.4 Å². The van der Waals surface area contributed by atoms with Gasteiger partial charge in [-0.05, 0) is 18.1 Å². The van der Waals surface area contributed by atoms with Crippen molar-refractivity contribution in [2.24, 2.45) is 0 Å². The van der Waals surface area contributed by atoms with Gasteiger partial charge in [-0.2, -0.15) is 0 Å². The second-order valence-corrected chi connectivity index (χ2v) is 6.82. The van der Waals surface area contributed by atoms with Gasteiger partial charge in [0.25, 0.3) is 0 Å². The molecule has 0 saturated heterocycles. The van der Waals surface area contributed by atoms with Crippen molar-refractivity contribution in [2.45, 2.75) is 26.0 Å². The summed E-state index contributed by atoms with van der Waals surface area (Å²) in [5.74, 6) is 0.437. The van der Waals surface area contributed by atoms with Crippen molar-refractivity contribution in [3.8, 4) is 0 Å². The lowest BCUT2D eigenvalue weighted by Crippen LogP contribution is -2.46. The summed E-state index contributed by atoms with van der Waals surface area (Å²) in [6.45, 7) is 3.61. The monoisotopic (exact) mass is 343 g/mol. The standard InChI is InChI=1S/C19H21NO3S/c1-15(21)24-14-19(2,17-11-7-4-8-12-17)20-18(22)23-13-16-9-5-3-6-10-16/h3-12H,13-14H2,1-2H3,(H,20,22). The number of rotatable bonds is 6. The molecule has 0 aliphatic rings. The molecule has 24 heavy (non-hydrogen) atoms. The second kappa shape index (κ2) is 8.55. The van der Waals surface area contributed by atoms with Gasteiger partial charge in [-0.15, -0.1) is 0 Å². The lowest BCUT2D eigenvalue weighted by molar-refractivity contribution is -0.109. The predicted molar refractivity (Wildman–Crippen MR) is 96.7 cm³/mol. The first-order chi connectivity index (χ1) is 11.5. The number of amides is 1. The van der Waals surface area contributed by atoms with E-state index in [2.05, 4.69) is 5.32 Å². The predicted octanol–water partition coefficient (Wildman–Crippen LogP) is 4.11. The number of ether oxygens (including phenoxy) is 1. The molecule has 2 rings (SSSR count). The highest BCUT2D eigenvalue weighted by Crippen LogP contribution is 2.26. The third kappa shape index (κ3) is 5.42. The number of thioether (sulfide) groups is 1. The van der Waals surface area contributed by atoms with Crippen LogP contribution in [0.25, 0.3) is 0 Å². The van der Waals surface area contributed by atoms with Crippen LogP contribution < -0.4 is 5.32 Å². The summed E-state index contributed by atoms with van der Waals surface area (Å²) in [7, 11) is 0. The van der Waals surface area contributed by atoms with Gasteiger partial charge in [-0.1, -0.05) is 72.4 Å². The Morgan fingerprint density at radius 1 is 1.04 bits per heavy atom. The Morgan fingerprint density at radius 2 is 1.62 bits per heavy atom. The average Bonchev–Trinajstić information content (AvgIpc) is 2.60. The minimum absolute atomic E-state index is 0.0107. The largest absolute Gasteiger partial charge is 0.445 e. The van der Waals surface area contributed by atoms with Gasteiger partial charge in [0, 0.05) is 12.7 Å². The number of carbonyl (C=O) groups excluding carboxylic acids is 2. The zero-order valence-corrected chi connectivity index (χ0v) is 14.6. The minimum Gasteiger partial charge on any atom is -0.445 e. The molecule has 1 amide bonds. The zero-order valence-electron chi connectivity index (χ0n) is 13.8. The zero-order chi connectivity index (χ0) is 17.4. The van der Waals surface area contributed by atoms with Gasteiger partial charge in [0.05, 0.1) is 5.54 Å². The third-order valence-corrected chi connectivity index (χ3v) is 4.69. The van der Waals surface area contributed by atoms with Crippen LogP contribution in [0.4, 0.5) is 4.79 Å². The Hall–Kier alpha value is -2.27. The van der Waals surface area contributed by atoms with Crippen molar-refractivity contribution in [2.75, 3.05) is 5.75 Å². The highest BCUT2D eigenvalue weighted by atomic mass is 32.2. The van der Waals surface area contributed by atoms with Crippen LogP contribution in [-0.4, -0.2) is 17.0 Å². The number of alkyl carbamates (subject to hydrolysis) is 1. The summed E-state index contributed by atoms with van der Waals surface area (Å²) in [4.78, 5) is 23.6. The van der Waals surface area contributed by atoms with Crippen molar-refractivity contribution in [1.29, 1.82) is 0 Å². The molecular formula is C19H21NO3S. The van der Waals surface area contributed by atoms with E-state index in [9.17, 15) is 9.59 Å². The van der Waals surface area contributed by atoms with Crippen LogP contribution in [0.15, 0.2) is 60.7 Å². The molecule has 0 bridgehead atoms. The maximum atomic E-state index is 12.2. The Balaban J connectivity index is 2.04. The molecule has 4 nitrogen and oxygen atoms in total. The minimum atomic E-state index is -0.689. The van der Waals surface area contributed by atoms with E-state index in [0.29, 0.717) is 5.75 Å². The molecule has 0 aromatic heterocycles. The first-order valence-corrected chi connectivity index (χ1v) is 8.66. The van der Waals surface area contributed by atoms with Crippen molar-refractivity contribution >= 4 is 23.0 Å². The molecule has 0 saturated carbocycles. The molecule has 1 unspecified atom stereocenters. The fourth-order valence-corrected chi connectivity index (χ4v) is 2.96. The number of benzene rings is 2. The van der Waals surface area contributed by atoms with Gasteiger partial charge in [-0.25, -0.2) is 4.79 Å². The molecule has 0 aliphatic heterocycles. The quantitative estimate of drug-likeness (QED) is 0.858. The molecule has 5 heteroatoms. The number of hydrogen-bond donors (Lipinski definition) is 1. The summed E-state index contributed by atoms with van der Waals surface area (Å²) in [6.07, 6.45) is -0.505. The van der Waals surface area contributed by atoms with Crippen LogP contribution >= 0.6 is 11.8 Å². The molecule has 0 fully saturated rings. The van der Waals surface area contributed by atoms with Gasteiger partial charge >= 0.3 is 6.09 Å². The molecule has 2 aromatic rings. The summed E-state index contributed by atoms with van der Waals surface area (Å²) in [6, 6.07) is 19.1. The van der Waals surface area contributed by atoms with E-state index in [0.717, 1.165) is 11.1 Å². The normalized spacial score (nSPS) is 12.9. The molecule has 0 spiro atoms. The first-order valence-electron chi connectivity index (χ1n) is 7.67. The van der Waals surface area contributed by atoms with Crippen molar-refractivity contribution in [3.63, 3.8) is 0 Å². The Kier molecular flexibility index (Phi) is 6.44. The molecule has 0 radical (unpaired) electrons. The molecule has 1 atom stereocenters. The van der Waals surface area contributed by atoms with Crippen molar-refractivity contribution in [3.05, 3.63) is 71.8 Å². The molecule has 0 aliphatic carbocycles. The maximum Gasteiger partial charge on any atom is 0.408 e. The van der Waals surface area contributed by atoms with Gasteiger partial charge in [0.1, 0.15) is 6.61 Å². The van der Waals surface area contributed by atoms with Crippen LogP contribution in [0.2, 0.25) is 0 Å². The van der Waals surface area contributed by atoms with Gasteiger partial charge in [0.2, 0.25) is 0 Å². The van der Waals surface area contributed by atoms with Crippen molar-refractivity contribution in [1.82, 2.24) is 5.32 Å². The summed E-state index contributed by atoms with van der Waals surface area (Å²) in [5.41, 5.74) is 1.16. The van der Waals surface area contributed by atoms with E-state index in [4.69, 9.17) is 4.74 Å². The van der Waals surface area contributed by atoms with Crippen molar-refractivity contribution < 1.29 is 14.3 Å². The third-order valence-electron chi connectivity index (χ3n) is 3.57. The molecule has 0 heterocycles. The summed E-state index contributed by atoms with van der Waals surface area (Å²) < 4.78 is 5.31. The Bertz CT molecular complexity index is 676. The highest BCUT2D eigenvalue weighted by molar-refractivity contribution is 8.13. The first kappa shape index (κ1) is 18.1. The SMILES string of the molecule is CC(=O)SCC(C)(NC(=O)OCc1ccccc1)c1ccccc1. The Labute approximate surface area is 146 Å². The van der Waals surface area contributed by atoms with Gasteiger partial charge < -0.3 is 10.1 Å². The number of carbonyl (C=O) groups is 2. The highest BCUT2D eigenvalue weighted by Gasteiger charge is 2.30. The molecule has 1 N–H and O–H groups in total. The van der Waals surface area contributed by atoms with Crippen LogP contribution in [0, 0.1) is 0 Å². The molecule has 2 aromatic carbocycles. The lowest BCUT2D eigenvalue weighted by Gasteiger charge is -2.30. The van der Waals surface area contributed by atoms with E-state index < -0.39 is 11.6 Å². The van der Waals surface area contributed by atoms with Crippen LogP contribution in [-0.2, 0) is 21.7 Å². The maximum absolute atomic E-state index is 12.2. The molecular weight excluding hydrogens is 322 g/mol. The second-order valence-electron chi connectivity index (χ2n) is 5.67. The number of hydrogen-bond acceptors (Lipinski definition) is 4. The number of nitrogens with one attached hydrogen (secondary N) is 1.